The highest BCUT2D eigenvalue weighted by Gasteiger charge is 2.24. The lowest BCUT2D eigenvalue weighted by Gasteiger charge is -2.40. The standard InChI is InChI=1S/C19H27N5/c1-22-7-3-2-4-18(22)14-23-8-10-24(11-9-23)17-5-6-19-16(12-17)13-20-15-21-19/h5-6,12-13,15,18H,2-4,7-11,14H2,1H3. The first-order valence-corrected chi connectivity index (χ1v) is 9.17. The Morgan fingerprint density at radius 1 is 1.08 bits per heavy atom. The number of aromatic nitrogens is 2. The van der Waals surface area contributed by atoms with Gasteiger partial charge in [-0.05, 0) is 44.6 Å². The molecule has 0 bridgehead atoms. The molecule has 2 fully saturated rings. The van der Waals surface area contributed by atoms with Gasteiger partial charge in [0, 0.05) is 56.0 Å². The molecule has 0 N–H and O–H groups in total. The molecule has 2 saturated heterocycles. The molecule has 1 aromatic heterocycles. The van der Waals surface area contributed by atoms with Crippen molar-refractivity contribution in [1.29, 1.82) is 0 Å². The zero-order valence-electron chi connectivity index (χ0n) is 14.6. The van der Waals surface area contributed by atoms with Crippen molar-refractivity contribution in [2.45, 2.75) is 25.3 Å². The molecule has 1 aromatic carbocycles. The van der Waals surface area contributed by atoms with Gasteiger partial charge in [0.1, 0.15) is 6.33 Å². The summed E-state index contributed by atoms with van der Waals surface area (Å²) in [5.41, 5.74) is 2.32. The maximum atomic E-state index is 4.31. The van der Waals surface area contributed by atoms with Crippen molar-refractivity contribution < 1.29 is 0 Å². The fraction of sp³-hybridized carbons (Fsp3) is 0.579. The average molecular weight is 325 g/mol. The zero-order chi connectivity index (χ0) is 16.4. The van der Waals surface area contributed by atoms with E-state index >= 15 is 0 Å². The molecule has 5 nitrogen and oxygen atoms in total. The molecule has 3 heterocycles. The van der Waals surface area contributed by atoms with Crippen LogP contribution in [0.1, 0.15) is 19.3 Å². The molecule has 0 aliphatic carbocycles. The lowest BCUT2D eigenvalue weighted by molar-refractivity contribution is 0.125. The van der Waals surface area contributed by atoms with Gasteiger partial charge in [-0.25, -0.2) is 9.97 Å². The van der Waals surface area contributed by atoms with Gasteiger partial charge >= 0.3 is 0 Å². The van der Waals surface area contributed by atoms with Gasteiger partial charge in [0.15, 0.2) is 0 Å². The van der Waals surface area contributed by atoms with Crippen molar-refractivity contribution in [2.75, 3.05) is 51.2 Å². The third-order valence-corrected chi connectivity index (χ3v) is 5.62. The summed E-state index contributed by atoms with van der Waals surface area (Å²) in [6, 6.07) is 7.28. The Kier molecular flexibility index (Phi) is 4.63. The van der Waals surface area contributed by atoms with Crippen molar-refractivity contribution in [3.8, 4) is 0 Å². The normalized spacial score (nSPS) is 23.7. The summed E-state index contributed by atoms with van der Waals surface area (Å²) in [7, 11) is 2.29. The monoisotopic (exact) mass is 325 g/mol. The number of hydrogen-bond acceptors (Lipinski definition) is 5. The van der Waals surface area contributed by atoms with Crippen molar-refractivity contribution in [2.24, 2.45) is 0 Å². The molecule has 24 heavy (non-hydrogen) atoms. The number of piperidine rings is 1. The Morgan fingerprint density at radius 3 is 2.79 bits per heavy atom. The second-order valence-electron chi connectivity index (χ2n) is 7.18. The molecule has 0 radical (unpaired) electrons. The maximum Gasteiger partial charge on any atom is 0.116 e. The topological polar surface area (TPSA) is 35.5 Å². The predicted octanol–water partition coefficient (Wildman–Crippen LogP) is 2.24. The number of likely N-dealkylation sites (N-methyl/N-ethyl adjacent to an activating group) is 1. The third-order valence-electron chi connectivity index (χ3n) is 5.62. The van der Waals surface area contributed by atoms with Crippen LogP contribution in [0.2, 0.25) is 0 Å². The highest BCUT2D eigenvalue weighted by molar-refractivity contribution is 5.81. The molecule has 2 aliphatic heterocycles. The quantitative estimate of drug-likeness (QED) is 0.865. The third kappa shape index (κ3) is 3.37. The second kappa shape index (κ2) is 7.03. The van der Waals surface area contributed by atoms with Gasteiger partial charge in [-0.3, -0.25) is 4.90 Å². The van der Waals surface area contributed by atoms with Crippen LogP contribution in [0.3, 0.4) is 0 Å². The van der Waals surface area contributed by atoms with Crippen LogP contribution in [0, 0.1) is 0 Å². The van der Waals surface area contributed by atoms with E-state index < -0.39 is 0 Å². The summed E-state index contributed by atoms with van der Waals surface area (Å²) in [4.78, 5) is 16.1. The number of rotatable bonds is 3. The summed E-state index contributed by atoms with van der Waals surface area (Å²) >= 11 is 0. The van der Waals surface area contributed by atoms with Gasteiger partial charge in [0.25, 0.3) is 0 Å². The highest BCUT2D eigenvalue weighted by atomic mass is 15.3. The van der Waals surface area contributed by atoms with E-state index in [1.165, 1.54) is 38.0 Å². The van der Waals surface area contributed by atoms with E-state index in [1.807, 2.05) is 6.20 Å². The highest BCUT2D eigenvalue weighted by Crippen LogP contribution is 2.22. The van der Waals surface area contributed by atoms with E-state index in [9.17, 15) is 0 Å². The number of anilines is 1. The second-order valence-corrected chi connectivity index (χ2v) is 7.18. The summed E-state index contributed by atoms with van der Waals surface area (Å²) in [6.07, 6.45) is 7.64. The lowest BCUT2D eigenvalue weighted by Crippen LogP contribution is -2.51. The molecule has 128 valence electrons. The first-order chi connectivity index (χ1) is 11.8. The largest absolute Gasteiger partial charge is 0.369 e. The molecular weight excluding hydrogens is 298 g/mol. The SMILES string of the molecule is CN1CCCCC1CN1CCN(c2ccc3ncncc3c2)CC1. The van der Waals surface area contributed by atoms with Crippen LogP contribution in [0.15, 0.2) is 30.7 Å². The average Bonchev–Trinajstić information content (AvgIpc) is 2.64. The first-order valence-electron chi connectivity index (χ1n) is 9.17. The molecule has 1 unspecified atom stereocenters. The van der Waals surface area contributed by atoms with E-state index in [1.54, 1.807) is 6.33 Å². The van der Waals surface area contributed by atoms with E-state index in [4.69, 9.17) is 0 Å². The van der Waals surface area contributed by atoms with E-state index in [0.29, 0.717) is 0 Å². The van der Waals surface area contributed by atoms with Crippen molar-refractivity contribution in [3.05, 3.63) is 30.7 Å². The lowest BCUT2D eigenvalue weighted by atomic mass is 10.0. The number of fused-ring (bicyclic) bond motifs is 1. The fourth-order valence-corrected chi connectivity index (χ4v) is 4.03. The Labute approximate surface area is 144 Å². The molecule has 5 heteroatoms. The van der Waals surface area contributed by atoms with Crippen molar-refractivity contribution >= 4 is 16.6 Å². The van der Waals surface area contributed by atoms with Crippen LogP contribution in [-0.2, 0) is 0 Å². The van der Waals surface area contributed by atoms with Gasteiger partial charge in [0.05, 0.1) is 5.52 Å². The number of likely N-dealkylation sites (tertiary alicyclic amines) is 1. The molecule has 1 atom stereocenters. The van der Waals surface area contributed by atoms with Crippen LogP contribution in [0.5, 0.6) is 0 Å². The van der Waals surface area contributed by atoms with Crippen LogP contribution in [0.25, 0.3) is 10.9 Å². The van der Waals surface area contributed by atoms with Gasteiger partial charge < -0.3 is 9.80 Å². The Morgan fingerprint density at radius 2 is 1.96 bits per heavy atom. The van der Waals surface area contributed by atoms with Crippen molar-refractivity contribution in [3.63, 3.8) is 0 Å². The number of hydrogen-bond donors (Lipinski definition) is 0. The molecular formula is C19H27N5. The predicted molar refractivity (Wildman–Crippen MR) is 98.5 cm³/mol. The zero-order valence-corrected chi connectivity index (χ0v) is 14.6. The Balaban J connectivity index is 1.36. The fourth-order valence-electron chi connectivity index (χ4n) is 4.03. The summed E-state index contributed by atoms with van der Waals surface area (Å²) in [6.45, 7) is 7.03. The van der Waals surface area contributed by atoms with E-state index in [0.717, 1.165) is 43.1 Å². The van der Waals surface area contributed by atoms with E-state index in [-0.39, 0.29) is 0 Å². The van der Waals surface area contributed by atoms with Crippen molar-refractivity contribution in [1.82, 2.24) is 19.8 Å². The minimum atomic E-state index is 0.753. The number of piperazine rings is 1. The molecule has 0 saturated carbocycles. The molecule has 0 spiro atoms. The van der Waals surface area contributed by atoms with Crippen LogP contribution in [0.4, 0.5) is 5.69 Å². The summed E-state index contributed by atoms with van der Waals surface area (Å²) in [5.74, 6) is 0. The van der Waals surface area contributed by atoms with Crippen LogP contribution < -0.4 is 4.90 Å². The molecule has 2 aromatic rings. The van der Waals surface area contributed by atoms with Gasteiger partial charge in [0.2, 0.25) is 0 Å². The van der Waals surface area contributed by atoms with Crippen LogP contribution >= 0.6 is 0 Å². The smallest absolute Gasteiger partial charge is 0.116 e. The molecule has 2 aliphatic rings. The van der Waals surface area contributed by atoms with Crippen LogP contribution in [-0.4, -0.2) is 72.1 Å². The minimum absolute atomic E-state index is 0.753. The number of nitrogens with zero attached hydrogens (tertiary/aromatic N) is 5. The Hall–Kier alpha value is -1.72. The van der Waals surface area contributed by atoms with Gasteiger partial charge in [-0.15, -0.1) is 0 Å². The molecule has 0 amide bonds. The van der Waals surface area contributed by atoms with E-state index in [2.05, 4.69) is 49.9 Å². The first kappa shape index (κ1) is 15.8. The minimum Gasteiger partial charge on any atom is -0.369 e. The Bertz CT molecular complexity index is 680. The summed E-state index contributed by atoms with van der Waals surface area (Å²) in [5, 5.41) is 1.13. The summed E-state index contributed by atoms with van der Waals surface area (Å²) < 4.78 is 0. The van der Waals surface area contributed by atoms with Gasteiger partial charge in [-0.1, -0.05) is 6.42 Å². The van der Waals surface area contributed by atoms with Gasteiger partial charge in [-0.2, -0.15) is 0 Å². The number of benzene rings is 1. The molecule has 4 rings (SSSR count). The maximum absolute atomic E-state index is 4.31.